The fourth-order valence-electron chi connectivity index (χ4n) is 3.02. The van der Waals surface area contributed by atoms with E-state index in [2.05, 4.69) is 9.97 Å². The molecule has 6 heteroatoms. The number of amides is 1. The molecule has 1 radical (unpaired) electrons. The molecular formula is C15H17N4O2. The lowest BCUT2D eigenvalue weighted by atomic mass is 9.99. The van der Waals surface area contributed by atoms with Gasteiger partial charge < -0.3 is 5.73 Å². The minimum absolute atomic E-state index is 0.320. The van der Waals surface area contributed by atoms with Gasteiger partial charge in [0, 0.05) is 0 Å². The van der Waals surface area contributed by atoms with Crippen molar-refractivity contribution in [3.8, 4) is 0 Å². The normalized spacial score (nSPS) is 19.7. The highest BCUT2D eigenvalue weighted by atomic mass is 16.5. The molecule has 21 heavy (non-hydrogen) atoms. The van der Waals surface area contributed by atoms with Crippen molar-refractivity contribution in [3.05, 3.63) is 35.2 Å². The first-order valence-electron chi connectivity index (χ1n) is 6.76. The molecule has 1 aromatic heterocycles. The molecule has 2 aromatic rings. The summed E-state index contributed by atoms with van der Waals surface area (Å²) >= 11 is 0. The number of rotatable bonds is 1. The maximum absolute atomic E-state index is 12.5. The molecule has 0 saturated heterocycles. The standard InChI is InChI=1S/C15H17N4O2/c1-14(2)11-12(15(3,4)19(14)21)18-10-8(13(16)20)6-5-7-9(10)17-11/h5-7H,1-4H3,(H2,16,20). The number of nitrogens with zero attached hydrogens (tertiary/aromatic N) is 3. The molecule has 1 aromatic carbocycles. The van der Waals surface area contributed by atoms with E-state index >= 15 is 0 Å². The van der Waals surface area contributed by atoms with Crippen LogP contribution in [0.5, 0.6) is 0 Å². The van der Waals surface area contributed by atoms with Gasteiger partial charge in [-0.3, -0.25) is 4.79 Å². The SMILES string of the molecule is CC1(C)c2nc3cccc(C(N)=O)c3nc2C(C)(C)N1[O]. The highest BCUT2D eigenvalue weighted by Gasteiger charge is 2.52. The average Bonchev–Trinajstić information content (AvgIpc) is 2.55. The fraction of sp³-hybridized carbons (Fsp3) is 0.400. The molecule has 1 aliphatic heterocycles. The van der Waals surface area contributed by atoms with Crippen LogP contribution in [0.2, 0.25) is 0 Å². The Morgan fingerprint density at radius 3 is 2.24 bits per heavy atom. The van der Waals surface area contributed by atoms with Crippen LogP contribution < -0.4 is 5.73 Å². The highest BCUT2D eigenvalue weighted by molar-refractivity contribution is 6.03. The lowest BCUT2D eigenvalue weighted by Crippen LogP contribution is -2.41. The van der Waals surface area contributed by atoms with E-state index in [9.17, 15) is 10.0 Å². The second-order valence-corrected chi connectivity index (χ2v) is 6.37. The number of primary amides is 1. The van der Waals surface area contributed by atoms with Gasteiger partial charge in [0.25, 0.3) is 5.91 Å². The number of fused-ring (bicyclic) bond motifs is 2. The zero-order chi connectivity index (χ0) is 15.6. The van der Waals surface area contributed by atoms with E-state index in [4.69, 9.17) is 5.73 Å². The van der Waals surface area contributed by atoms with Gasteiger partial charge in [-0.2, -0.15) is 0 Å². The minimum atomic E-state index is -0.801. The Kier molecular flexibility index (Phi) is 2.64. The van der Waals surface area contributed by atoms with Gasteiger partial charge in [-0.05, 0) is 39.8 Å². The lowest BCUT2D eigenvalue weighted by molar-refractivity contribution is -0.267. The van der Waals surface area contributed by atoms with Crippen molar-refractivity contribution in [1.29, 1.82) is 0 Å². The number of carbonyl (C=O) groups is 1. The summed E-state index contributed by atoms with van der Waals surface area (Å²) in [7, 11) is 0. The summed E-state index contributed by atoms with van der Waals surface area (Å²) in [5.41, 5.74) is 6.42. The quantitative estimate of drug-likeness (QED) is 0.865. The number of hydrogen-bond acceptors (Lipinski definition) is 4. The van der Waals surface area contributed by atoms with Crippen LogP contribution in [-0.2, 0) is 16.3 Å². The summed E-state index contributed by atoms with van der Waals surface area (Å²) in [6.45, 7) is 7.26. The van der Waals surface area contributed by atoms with Crippen LogP contribution >= 0.6 is 0 Å². The number of para-hydroxylation sites is 1. The Bertz CT molecular complexity index is 768. The topological polar surface area (TPSA) is 92.0 Å². The Morgan fingerprint density at radius 2 is 1.67 bits per heavy atom. The van der Waals surface area contributed by atoms with Gasteiger partial charge >= 0.3 is 0 Å². The average molecular weight is 285 g/mol. The molecule has 2 N–H and O–H groups in total. The molecule has 0 aliphatic carbocycles. The van der Waals surface area contributed by atoms with Crippen molar-refractivity contribution in [3.63, 3.8) is 0 Å². The van der Waals surface area contributed by atoms with Gasteiger partial charge in [-0.1, -0.05) is 6.07 Å². The molecular weight excluding hydrogens is 268 g/mol. The predicted molar refractivity (Wildman–Crippen MR) is 76.6 cm³/mol. The third-order valence-corrected chi connectivity index (χ3v) is 4.13. The second kappa shape index (κ2) is 3.99. The van der Waals surface area contributed by atoms with Crippen LogP contribution in [0.4, 0.5) is 0 Å². The van der Waals surface area contributed by atoms with Gasteiger partial charge in [0.15, 0.2) is 0 Å². The summed E-state index contributed by atoms with van der Waals surface area (Å²) in [6, 6.07) is 5.10. The largest absolute Gasteiger partial charge is 0.366 e. The number of hydrogen-bond donors (Lipinski definition) is 1. The van der Waals surface area contributed by atoms with Crippen LogP contribution in [0, 0.1) is 0 Å². The summed E-state index contributed by atoms with van der Waals surface area (Å²) in [5, 5.41) is 13.6. The van der Waals surface area contributed by atoms with Crippen LogP contribution in [0.3, 0.4) is 0 Å². The summed E-state index contributed by atoms with van der Waals surface area (Å²) in [4.78, 5) is 20.7. The molecule has 0 bridgehead atoms. The first-order valence-corrected chi connectivity index (χ1v) is 6.76. The van der Waals surface area contributed by atoms with Crippen LogP contribution in [0.25, 0.3) is 11.0 Å². The van der Waals surface area contributed by atoms with Crippen molar-refractivity contribution in [2.45, 2.75) is 38.8 Å². The molecule has 3 rings (SSSR count). The molecule has 6 nitrogen and oxygen atoms in total. The number of hydroxylamine groups is 2. The van der Waals surface area contributed by atoms with E-state index in [1.54, 1.807) is 32.0 Å². The predicted octanol–water partition coefficient (Wildman–Crippen LogP) is 1.86. The highest BCUT2D eigenvalue weighted by Crippen LogP contribution is 2.46. The second-order valence-electron chi connectivity index (χ2n) is 6.37. The van der Waals surface area contributed by atoms with Crippen LogP contribution in [0.1, 0.15) is 49.4 Å². The lowest BCUT2D eigenvalue weighted by Gasteiger charge is -2.31. The minimum Gasteiger partial charge on any atom is -0.366 e. The smallest absolute Gasteiger partial charge is 0.250 e. The van der Waals surface area contributed by atoms with E-state index in [1.807, 2.05) is 13.8 Å². The summed E-state index contributed by atoms with van der Waals surface area (Å²) < 4.78 is 0. The zero-order valence-electron chi connectivity index (χ0n) is 12.5. The van der Waals surface area contributed by atoms with Crippen molar-refractivity contribution >= 4 is 16.9 Å². The van der Waals surface area contributed by atoms with Crippen LogP contribution in [0.15, 0.2) is 18.2 Å². The Hall–Kier alpha value is -2.05. The number of aromatic nitrogens is 2. The zero-order valence-corrected chi connectivity index (χ0v) is 12.5. The van der Waals surface area contributed by atoms with Crippen molar-refractivity contribution < 1.29 is 10.0 Å². The molecule has 0 fully saturated rings. The molecule has 109 valence electrons. The van der Waals surface area contributed by atoms with E-state index < -0.39 is 17.0 Å². The van der Waals surface area contributed by atoms with Gasteiger partial charge in [0.1, 0.15) is 5.52 Å². The van der Waals surface area contributed by atoms with Gasteiger partial charge in [0.2, 0.25) is 0 Å². The maximum Gasteiger partial charge on any atom is 0.250 e. The first kappa shape index (κ1) is 13.9. The monoisotopic (exact) mass is 285 g/mol. The van der Waals surface area contributed by atoms with Gasteiger partial charge in [-0.25, -0.2) is 9.97 Å². The molecule has 0 unspecified atom stereocenters. The van der Waals surface area contributed by atoms with Crippen molar-refractivity contribution in [1.82, 2.24) is 15.0 Å². The number of nitrogens with two attached hydrogens (primary N) is 1. The number of benzene rings is 1. The van der Waals surface area contributed by atoms with E-state index in [0.29, 0.717) is 28.0 Å². The molecule has 2 heterocycles. The third kappa shape index (κ3) is 1.69. The van der Waals surface area contributed by atoms with Crippen molar-refractivity contribution in [2.24, 2.45) is 5.73 Å². The molecule has 0 atom stereocenters. The summed E-state index contributed by atoms with van der Waals surface area (Å²) in [6.07, 6.45) is 0. The molecule has 0 saturated carbocycles. The molecule has 1 aliphatic rings. The van der Waals surface area contributed by atoms with Crippen LogP contribution in [-0.4, -0.2) is 20.9 Å². The Labute approximate surface area is 122 Å². The Balaban J connectivity index is 2.41. The first-order chi connectivity index (χ1) is 9.67. The maximum atomic E-state index is 12.5. The van der Waals surface area contributed by atoms with E-state index in [0.717, 1.165) is 5.06 Å². The summed E-state index contributed by atoms with van der Waals surface area (Å²) in [5.74, 6) is -0.552. The van der Waals surface area contributed by atoms with E-state index in [1.165, 1.54) is 0 Å². The Morgan fingerprint density at radius 1 is 1.10 bits per heavy atom. The van der Waals surface area contributed by atoms with E-state index in [-0.39, 0.29) is 0 Å². The van der Waals surface area contributed by atoms with Crippen molar-refractivity contribution in [2.75, 3.05) is 0 Å². The molecule has 1 amide bonds. The van der Waals surface area contributed by atoms with Gasteiger partial charge in [-0.15, -0.1) is 10.3 Å². The third-order valence-electron chi connectivity index (χ3n) is 4.13. The molecule has 0 spiro atoms. The van der Waals surface area contributed by atoms with Gasteiger partial charge in [0.05, 0.1) is 33.5 Å². The fourth-order valence-corrected chi connectivity index (χ4v) is 3.02. The number of carbonyl (C=O) groups excluding carboxylic acids is 1.